The molecule has 0 spiro atoms. The summed E-state index contributed by atoms with van der Waals surface area (Å²) in [5.41, 5.74) is -1.39. The number of nitrogens with zero attached hydrogens (tertiary/aromatic N) is 1. The molecule has 0 saturated carbocycles. The maximum atomic E-state index is 12.1. The van der Waals surface area contributed by atoms with E-state index in [1.807, 2.05) is 17.1 Å². The van der Waals surface area contributed by atoms with E-state index >= 15 is 0 Å². The summed E-state index contributed by atoms with van der Waals surface area (Å²) >= 11 is 0. The summed E-state index contributed by atoms with van der Waals surface area (Å²) in [6, 6.07) is 3.83. The molecule has 1 aliphatic heterocycles. The molecule has 128 valence electrons. The molecule has 1 atom stereocenters. The lowest BCUT2D eigenvalue weighted by Gasteiger charge is -2.32. The Morgan fingerprint density at radius 1 is 1.42 bits per heavy atom. The van der Waals surface area contributed by atoms with Gasteiger partial charge in [-0.1, -0.05) is 0 Å². The van der Waals surface area contributed by atoms with E-state index in [1.165, 1.54) is 0 Å². The molecule has 0 unspecified atom stereocenters. The van der Waals surface area contributed by atoms with Crippen molar-refractivity contribution in [3.05, 3.63) is 56.8 Å². The molecule has 1 fully saturated rings. The lowest BCUT2D eigenvalue weighted by atomic mass is 9.98. The second kappa shape index (κ2) is 7.31. The molecule has 0 radical (unpaired) electrons. The monoisotopic (exact) mass is 332 g/mol. The van der Waals surface area contributed by atoms with Gasteiger partial charge in [0, 0.05) is 19.3 Å². The number of carbonyl (C=O) groups excluding carboxylic acids is 1. The molecular formula is C16H20N4O4. The molecule has 3 N–H and O–H groups in total. The third-order valence-corrected chi connectivity index (χ3v) is 4.18. The third-order valence-electron chi connectivity index (χ3n) is 4.18. The second-order valence-corrected chi connectivity index (χ2v) is 6.02. The van der Waals surface area contributed by atoms with Crippen LogP contribution in [0.2, 0.25) is 0 Å². The Bertz CT molecular complexity index is 793. The van der Waals surface area contributed by atoms with Crippen molar-refractivity contribution in [3.8, 4) is 0 Å². The van der Waals surface area contributed by atoms with E-state index in [0.29, 0.717) is 12.5 Å². The maximum absolute atomic E-state index is 12.1. The molecule has 8 heteroatoms. The summed E-state index contributed by atoms with van der Waals surface area (Å²) in [6.07, 6.45) is 4.89. The number of amides is 1. The van der Waals surface area contributed by atoms with Gasteiger partial charge >= 0.3 is 5.69 Å². The van der Waals surface area contributed by atoms with Crippen molar-refractivity contribution in [1.82, 2.24) is 20.2 Å². The van der Waals surface area contributed by atoms with Crippen molar-refractivity contribution in [2.45, 2.75) is 19.4 Å². The van der Waals surface area contributed by atoms with Crippen LogP contribution in [0.4, 0.5) is 0 Å². The number of likely N-dealkylation sites (tertiary alicyclic amines) is 1. The first-order chi connectivity index (χ1) is 11.6. The highest BCUT2D eigenvalue weighted by molar-refractivity contribution is 5.93. The summed E-state index contributed by atoms with van der Waals surface area (Å²) in [5.74, 6) is 0.773. The number of H-pyrrole nitrogens is 2. The van der Waals surface area contributed by atoms with E-state index in [2.05, 4.69) is 15.2 Å². The minimum Gasteiger partial charge on any atom is -0.468 e. The molecule has 0 aliphatic carbocycles. The van der Waals surface area contributed by atoms with Crippen LogP contribution in [0, 0.1) is 5.92 Å². The predicted molar refractivity (Wildman–Crippen MR) is 86.7 cm³/mol. The number of nitrogens with one attached hydrogen (secondary N) is 3. The van der Waals surface area contributed by atoms with Gasteiger partial charge in [-0.25, -0.2) is 4.79 Å². The van der Waals surface area contributed by atoms with Crippen molar-refractivity contribution in [3.63, 3.8) is 0 Å². The van der Waals surface area contributed by atoms with Gasteiger partial charge in [0.1, 0.15) is 11.3 Å². The average Bonchev–Trinajstić information content (AvgIpc) is 3.06. The number of furan rings is 1. The summed E-state index contributed by atoms with van der Waals surface area (Å²) in [7, 11) is 0. The molecule has 2 aromatic rings. The second-order valence-electron chi connectivity index (χ2n) is 6.02. The van der Waals surface area contributed by atoms with Gasteiger partial charge in [-0.05, 0) is 37.4 Å². The van der Waals surface area contributed by atoms with Crippen LogP contribution in [0.15, 0.2) is 38.6 Å². The Labute approximate surface area is 137 Å². The molecule has 1 saturated heterocycles. The molecule has 3 heterocycles. The Morgan fingerprint density at radius 3 is 3.04 bits per heavy atom. The number of aromatic amines is 2. The van der Waals surface area contributed by atoms with Gasteiger partial charge in [0.25, 0.3) is 11.5 Å². The molecule has 1 amide bonds. The normalized spacial score (nSPS) is 18.4. The van der Waals surface area contributed by atoms with Crippen molar-refractivity contribution in [2.75, 3.05) is 19.6 Å². The fraction of sp³-hybridized carbons (Fsp3) is 0.438. The summed E-state index contributed by atoms with van der Waals surface area (Å²) in [4.78, 5) is 41.3. The van der Waals surface area contributed by atoms with E-state index in [9.17, 15) is 14.4 Å². The number of carbonyl (C=O) groups is 1. The van der Waals surface area contributed by atoms with Gasteiger partial charge in [-0.2, -0.15) is 0 Å². The standard InChI is InChI=1S/C16H20N4O4/c21-14(13-8-18-16(23)19-15(13)22)17-7-11-3-1-5-20(9-11)10-12-4-2-6-24-12/h2,4,6,8,11H,1,3,5,7,9-10H2,(H,17,21)(H2,18,19,22,23)/t11-/m1/s1. The van der Waals surface area contributed by atoms with E-state index in [-0.39, 0.29) is 5.56 Å². The molecule has 3 rings (SSSR count). The maximum Gasteiger partial charge on any atom is 0.325 e. The van der Waals surface area contributed by atoms with Crippen LogP contribution in [0.5, 0.6) is 0 Å². The minimum absolute atomic E-state index is 0.0853. The Balaban J connectivity index is 1.53. The number of hydrogen-bond donors (Lipinski definition) is 3. The molecule has 0 bridgehead atoms. The average molecular weight is 332 g/mol. The van der Waals surface area contributed by atoms with Crippen LogP contribution in [0.1, 0.15) is 29.0 Å². The van der Waals surface area contributed by atoms with Gasteiger partial charge in [-0.3, -0.25) is 19.5 Å². The van der Waals surface area contributed by atoms with E-state index in [4.69, 9.17) is 4.42 Å². The topological polar surface area (TPSA) is 111 Å². The fourth-order valence-corrected chi connectivity index (χ4v) is 3.00. The van der Waals surface area contributed by atoms with Gasteiger partial charge in [-0.15, -0.1) is 0 Å². The number of piperidine rings is 1. The minimum atomic E-state index is -0.681. The van der Waals surface area contributed by atoms with E-state index < -0.39 is 17.2 Å². The number of rotatable bonds is 5. The first-order valence-corrected chi connectivity index (χ1v) is 7.97. The van der Waals surface area contributed by atoms with Gasteiger partial charge in [0.2, 0.25) is 0 Å². The zero-order valence-electron chi connectivity index (χ0n) is 13.2. The van der Waals surface area contributed by atoms with E-state index in [0.717, 1.165) is 44.4 Å². The SMILES string of the molecule is O=C(NC[C@H]1CCCN(Cc2ccco2)C1)c1c[nH]c(=O)[nH]c1=O. The van der Waals surface area contributed by atoms with Crippen molar-refractivity contribution in [2.24, 2.45) is 5.92 Å². The number of hydrogen-bond acceptors (Lipinski definition) is 5. The zero-order chi connectivity index (χ0) is 16.9. The van der Waals surface area contributed by atoms with Crippen LogP contribution in [0.25, 0.3) is 0 Å². The summed E-state index contributed by atoms with van der Waals surface area (Å²) < 4.78 is 5.37. The quantitative estimate of drug-likeness (QED) is 0.729. The Hall–Kier alpha value is -2.61. The lowest BCUT2D eigenvalue weighted by Crippen LogP contribution is -2.41. The highest BCUT2D eigenvalue weighted by Gasteiger charge is 2.21. The van der Waals surface area contributed by atoms with Gasteiger partial charge in [0.15, 0.2) is 0 Å². The molecule has 8 nitrogen and oxygen atoms in total. The lowest BCUT2D eigenvalue weighted by molar-refractivity contribution is 0.0926. The molecule has 24 heavy (non-hydrogen) atoms. The van der Waals surface area contributed by atoms with Crippen LogP contribution in [0.3, 0.4) is 0 Å². The van der Waals surface area contributed by atoms with Crippen LogP contribution in [-0.2, 0) is 6.54 Å². The largest absolute Gasteiger partial charge is 0.468 e. The Kier molecular flexibility index (Phi) is 4.95. The van der Waals surface area contributed by atoms with Gasteiger partial charge in [0.05, 0.1) is 12.8 Å². The van der Waals surface area contributed by atoms with Crippen LogP contribution < -0.4 is 16.6 Å². The van der Waals surface area contributed by atoms with Crippen molar-refractivity contribution in [1.29, 1.82) is 0 Å². The smallest absolute Gasteiger partial charge is 0.325 e. The van der Waals surface area contributed by atoms with Gasteiger partial charge < -0.3 is 14.7 Å². The molecule has 1 aliphatic rings. The highest BCUT2D eigenvalue weighted by atomic mass is 16.3. The summed E-state index contributed by atoms with van der Waals surface area (Å²) in [6.45, 7) is 3.12. The molecule has 2 aromatic heterocycles. The highest BCUT2D eigenvalue weighted by Crippen LogP contribution is 2.18. The first kappa shape index (κ1) is 16.3. The Morgan fingerprint density at radius 2 is 2.29 bits per heavy atom. The molecule has 0 aromatic carbocycles. The zero-order valence-corrected chi connectivity index (χ0v) is 13.2. The van der Waals surface area contributed by atoms with E-state index in [1.54, 1.807) is 6.26 Å². The third kappa shape index (κ3) is 4.02. The predicted octanol–water partition coefficient (Wildman–Crippen LogP) is 0.298. The first-order valence-electron chi connectivity index (χ1n) is 7.97. The number of aromatic nitrogens is 2. The summed E-state index contributed by atoms with van der Waals surface area (Å²) in [5, 5.41) is 2.78. The van der Waals surface area contributed by atoms with Crippen molar-refractivity contribution >= 4 is 5.91 Å². The van der Waals surface area contributed by atoms with Crippen LogP contribution >= 0.6 is 0 Å². The van der Waals surface area contributed by atoms with Crippen LogP contribution in [-0.4, -0.2) is 40.4 Å². The molecular weight excluding hydrogens is 312 g/mol. The fourth-order valence-electron chi connectivity index (χ4n) is 3.00. The van der Waals surface area contributed by atoms with Crippen molar-refractivity contribution < 1.29 is 9.21 Å².